The van der Waals surface area contributed by atoms with Crippen molar-refractivity contribution < 1.29 is 17.9 Å². The predicted molar refractivity (Wildman–Crippen MR) is 95.7 cm³/mol. The predicted octanol–water partition coefficient (Wildman–Crippen LogP) is 2.20. The average molecular weight is 360 g/mol. The van der Waals surface area contributed by atoms with Gasteiger partial charge in [0.25, 0.3) is 15.9 Å². The van der Waals surface area contributed by atoms with Crippen LogP contribution in [0.1, 0.15) is 22.3 Å². The molecular weight excluding hydrogens is 340 g/mol. The van der Waals surface area contributed by atoms with Gasteiger partial charge in [0.1, 0.15) is 5.75 Å². The van der Waals surface area contributed by atoms with Gasteiger partial charge < -0.3 is 10.1 Å². The number of aryl methyl sites for hydroxylation is 1. The van der Waals surface area contributed by atoms with Crippen molar-refractivity contribution in [1.82, 2.24) is 5.32 Å². The number of anilines is 1. The molecule has 1 N–H and O–H groups in total. The van der Waals surface area contributed by atoms with Crippen molar-refractivity contribution in [2.75, 3.05) is 25.0 Å². The Labute approximate surface area is 147 Å². The molecule has 1 heterocycles. The van der Waals surface area contributed by atoms with E-state index in [0.29, 0.717) is 18.0 Å². The fourth-order valence-corrected chi connectivity index (χ4v) is 4.60. The quantitative estimate of drug-likeness (QED) is 0.907. The van der Waals surface area contributed by atoms with E-state index in [4.69, 9.17) is 4.74 Å². The van der Waals surface area contributed by atoms with Crippen LogP contribution in [0.15, 0.2) is 47.4 Å². The second-order valence-electron chi connectivity index (χ2n) is 5.75. The molecule has 1 aliphatic rings. The Balaban J connectivity index is 2.09. The maximum absolute atomic E-state index is 13.2. The van der Waals surface area contributed by atoms with E-state index < -0.39 is 15.9 Å². The lowest BCUT2D eigenvalue weighted by molar-refractivity contribution is 0.0960. The molecule has 1 aliphatic heterocycles. The van der Waals surface area contributed by atoms with Crippen molar-refractivity contribution in [3.63, 3.8) is 0 Å². The number of amides is 1. The Hall–Kier alpha value is -2.54. The van der Waals surface area contributed by atoms with Crippen molar-refractivity contribution in [3.8, 4) is 5.75 Å². The third-order valence-corrected chi connectivity index (χ3v) is 6.11. The van der Waals surface area contributed by atoms with Gasteiger partial charge in [0.05, 0.1) is 23.3 Å². The molecule has 2 aromatic carbocycles. The van der Waals surface area contributed by atoms with E-state index in [1.807, 2.05) is 24.3 Å². The van der Waals surface area contributed by atoms with Crippen molar-refractivity contribution in [3.05, 3.63) is 53.6 Å². The highest BCUT2D eigenvalue weighted by Gasteiger charge is 2.30. The number of carbonyl (C=O) groups excluding carboxylic acids is 1. The molecule has 0 fully saturated rings. The number of ether oxygens (including phenoxy) is 1. The number of rotatable bonds is 4. The highest BCUT2D eigenvalue weighted by Crippen LogP contribution is 2.33. The first-order valence-corrected chi connectivity index (χ1v) is 9.44. The number of methoxy groups -OCH3 is 1. The lowest BCUT2D eigenvalue weighted by Gasteiger charge is -2.30. The Kier molecular flexibility index (Phi) is 4.67. The Morgan fingerprint density at radius 2 is 1.96 bits per heavy atom. The smallest absolute Gasteiger partial charge is 0.264 e. The van der Waals surface area contributed by atoms with Crippen LogP contribution in [0.5, 0.6) is 5.75 Å². The molecule has 0 bridgehead atoms. The summed E-state index contributed by atoms with van der Waals surface area (Å²) in [5, 5.41) is 2.50. The summed E-state index contributed by atoms with van der Waals surface area (Å²) in [5.41, 5.74) is 1.90. The lowest BCUT2D eigenvalue weighted by Crippen LogP contribution is -2.35. The Morgan fingerprint density at radius 1 is 1.20 bits per heavy atom. The first kappa shape index (κ1) is 17.3. The highest BCUT2D eigenvalue weighted by atomic mass is 32.2. The summed E-state index contributed by atoms with van der Waals surface area (Å²) in [6, 6.07) is 11.8. The minimum Gasteiger partial charge on any atom is -0.496 e. The molecule has 0 unspecified atom stereocenters. The molecule has 0 aromatic heterocycles. The van der Waals surface area contributed by atoms with Gasteiger partial charge in [-0.15, -0.1) is 0 Å². The molecule has 25 heavy (non-hydrogen) atoms. The monoisotopic (exact) mass is 360 g/mol. The molecule has 3 rings (SSSR count). The number of hydrogen-bond donors (Lipinski definition) is 1. The molecule has 0 atom stereocenters. The van der Waals surface area contributed by atoms with E-state index in [1.54, 1.807) is 0 Å². The fourth-order valence-electron chi connectivity index (χ4n) is 3.04. The maximum atomic E-state index is 13.2. The number of para-hydroxylation sites is 1. The number of hydrogen-bond acceptors (Lipinski definition) is 4. The van der Waals surface area contributed by atoms with Crippen molar-refractivity contribution >= 4 is 21.6 Å². The van der Waals surface area contributed by atoms with Gasteiger partial charge in [0.15, 0.2) is 0 Å². The molecule has 0 spiro atoms. The summed E-state index contributed by atoms with van der Waals surface area (Å²) >= 11 is 0. The molecule has 2 aromatic rings. The first-order valence-electron chi connectivity index (χ1n) is 8.00. The molecule has 1 amide bonds. The maximum Gasteiger partial charge on any atom is 0.264 e. The van der Waals surface area contributed by atoms with E-state index >= 15 is 0 Å². The lowest BCUT2D eigenvalue weighted by atomic mass is 10.0. The highest BCUT2D eigenvalue weighted by molar-refractivity contribution is 7.92. The van der Waals surface area contributed by atoms with Gasteiger partial charge >= 0.3 is 0 Å². The number of carbonyl (C=O) groups is 1. The van der Waals surface area contributed by atoms with Crippen LogP contribution in [-0.4, -0.2) is 35.0 Å². The van der Waals surface area contributed by atoms with E-state index in [-0.39, 0.29) is 10.5 Å². The summed E-state index contributed by atoms with van der Waals surface area (Å²) < 4.78 is 32.9. The summed E-state index contributed by atoms with van der Waals surface area (Å²) in [5.74, 6) is -0.0645. The summed E-state index contributed by atoms with van der Waals surface area (Å²) in [4.78, 5) is 12.1. The second kappa shape index (κ2) is 6.76. The number of fused-ring (bicyclic) bond motifs is 1. The van der Waals surface area contributed by atoms with Crippen LogP contribution < -0.4 is 14.4 Å². The molecule has 0 aliphatic carbocycles. The molecular formula is C18H20N2O4S. The minimum absolute atomic E-state index is 0.0728. The SMILES string of the molecule is CNC(=O)c1cc(S(=O)(=O)N2CCCc3ccccc32)ccc1OC. The van der Waals surface area contributed by atoms with Crippen LogP contribution in [0.3, 0.4) is 0 Å². The van der Waals surface area contributed by atoms with Crippen molar-refractivity contribution in [2.24, 2.45) is 0 Å². The normalized spacial score (nSPS) is 13.9. The zero-order valence-corrected chi connectivity index (χ0v) is 15.0. The molecule has 6 nitrogen and oxygen atoms in total. The van der Waals surface area contributed by atoms with Gasteiger partial charge in [-0.05, 0) is 42.7 Å². The fraction of sp³-hybridized carbons (Fsp3) is 0.278. The second-order valence-corrected chi connectivity index (χ2v) is 7.61. The van der Waals surface area contributed by atoms with Crippen LogP contribution >= 0.6 is 0 Å². The topological polar surface area (TPSA) is 75.7 Å². The largest absolute Gasteiger partial charge is 0.496 e. The van der Waals surface area contributed by atoms with E-state index in [0.717, 1.165) is 18.4 Å². The van der Waals surface area contributed by atoms with Gasteiger partial charge in [-0.2, -0.15) is 0 Å². The van der Waals surface area contributed by atoms with Gasteiger partial charge in [-0.25, -0.2) is 8.42 Å². The van der Waals surface area contributed by atoms with Gasteiger partial charge in [-0.3, -0.25) is 9.10 Å². The standard InChI is InChI=1S/C18H20N2O4S/c1-19-18(21)15-12-14(9-10-17(15)24-2)25(22,23)20-11-5-7-13-6-3-4-8-16(13)20/h3-4,6,8-10,12H,5,7,11H2,1-2H3,(H,19,21). The van der Waals surface area contributed by atoms with E-state index in [9.17, 15) is 13.2 Å². The molecule has 0 saturated heterocycles. The molecule has 0 saturated carbocycles. The van der Waals surface area contributed by atoms with Crippen LogP contribution in [0, 0.1) is 0 Å². The average Bonchev–Trinajstić information content (AvgIpc) is 2.66. The third kappa shape index (κ3) is 3.07. The zero-order valence-electron chi connectivity index (χ0n) is 14.2. The van der Waals surface area contributed by atoms with Gasteiger partial charge in [0.2, 0.25) is 0 Å². The molecule has 132 valence electrons. The van der Waals surface area contributed by atoms with Crippen molar-refractivity contribution in [2.45, 2.75) is 17.7 Å². The van der Waals surface area contributed by atoms with Crippen LogP contribution in [-0.2, 0) is 16.4 Å². The Morgan fingerprint density at radius 3 is 2.68 bits per heavy atom. The van der Waals surface area contributed by atoms with Crippen LogP contribution in [0.4, 0.5) is 5.69 Å². The van der Waals surface area contributed by atoms with E-state index in [1.165, 1.54) is 36.7 Å². The van der Waals surface area contributed by atoms with Crippen LogP contribution in [0.2, 0.25) is 0 Å². The summed E-state index contributed by atoms with van der Waals surface area (Å²) in [6.07, 6.45) is 1.61. The summed E-state index contributed by atoms with van der Waals surface area (Å²) in [6.45, 7) is 0.417. The molecule has 7 heteroatoms. The van der Waals surface area contributed by atoms with E-state index in [2.05, 4.69) is 5.32 Å². The number of nitrogens with zero attached hydrogens (tertiary/aromatic N) is 1. The van der Waals surface area contributed by atoms with Crippen molar-refractivity contribution in [1.29, 1.82) is 0 Å². The third-order valence-electron chi connectivity index (χ3n) is 4.30. The summed E-state index contributed by atoms with van der Waals surface area (Å²) in [7, 11) is -0.836. The van der Waals surface area contributed by atoms with Gasteiger partial charge in [0, 0.05) is 13.6 Å². The number of benzene rings is 2. The zero-order chi connectivity index (χ0) is 18.0. The minimum atomic E-state index is -3.77. The van der Waals surface area contributed by atoms with Crippen LogP contribution in [0.25, 0.3) is 0 Å². The number of nitrogens with one attached hydrogen (secondary N) is 1. The molecule has 0 radical (unpaired) electrons. The Bertz CT molecular complexity index is 909. The number of sulfonamides is 1. The first-order chi connectivity index (χ1) is 12.0. The van der Waals surface area contributed by atoms with Gasteiger partial charge in [-0.1, -0.05) is 18.2 Å².